The highest BCUT2D eigenvalue weighted by molar-refractivity contribution is 5.33. The van der Waals surface area contributed by atoms with Crippen LogP contribution in [-0.2, 0) is 6.18 Å². The second-order valence-electron chi connectivity index (χ2n) is 3.07. The molecule has 0 aliphatic carbocycles. The minimum Gasteiger partial charge on any atom is -0.278 e. The van der Waals surface area contributed by atoms with Crippen molar-refractivity contribution in [2.45, 2.75) is 13.1 Å². The molecule has 2 rings (SSSR count). The van der Waals surface area contributed by atoms with Crippen molar-refractivity contribution in [3.05, 3.63) is 34.0 Å². The SMILES string of the molecule is Cc1c(C(F)(F)F)n2ccnnc2nc1=O. The second kappa shape index (κ2) is 3.26. The largest absolute Gasteiger partial charge is 0.432 e. The molecule has 0 radical (unpaired) electrons. The van der Waals surface area contributed by atoms with E-state index in [2.05, 4.69) is 15.2 Å². The third-order valence-corrected chi connectivity index (χ3v) is 2.03. The van der Waals surface area contributed by atoms with Gasteiger partial charge in [0.15, 0.2) is 0 Å². The van der Waals surface area contributed by atoms with Crippen molar-refractivity contribution in [1.29, 1.82) is 0 Å². The van der Waals surface area contributed by atoms with E-state index < -0.39 is 23.0 Å². The summed E-state index contributed by atoms with van der Waals surface area (Å²) in [7, 11) is 0. The Morgan fingerprint density at radius 3 is 2.69 bits per heavy atom. The summed E-state index contributed by atoms with van der Waals surface area (Å²) < 4.78 is 38.9. The molecule has 0 aromatic carbocycles. The van der Waals surface area contributed by atoms with Gasteiger partial charge in [-0.25, -0.2) is 0 Å². The molecule has 2 aromatic heterocycles. The van der Waals surface area contributed by atoms with Gasteiger partial charge in [0.05, 0.1) is 6.20 Å². The molecule has 0 unspecified atom stereocenters. The lowest BCUT2D eigenvalue weighted by Gasteiger charge is -2.12. The molecule has 16 heavy (non-hydrogen) atoms. The fraction of sp³-hybridized carbons (Fsp3) is 0.250. The molecule has 0 aliphatic rings. The molecule has 0 bridgehead atoms. The van der Waals surface area contributed by atoms with Gasteiger partial charge in [-0.1, -0.05) is 0 Å². The number of rotatable bonds is 0. The number of fused-ring (bicyclic) bond motifs is 1. The zero-order valence-electron chi connectivity index (χ0n) is 7.99. The topological polar surface area (TPSA) is 60.1 Å². The lowest BCUT2D eigenvalue weighted by atomic mass is 10.2. The third-order valence-electron chi connectivity index (χ3n) is 2.03. The molecule has 0 saturated heterocycles. The molecule has 2 heterocycles. The zero-order valence-corrected chi connectivity index (χ0v) is 7.99. The van der Waals surface area contributed by atoms with Crippen molar-refractivity contribution in [2.24, 2.45) is 0 Å². The summed E-state index contributed by atoms with van der Waals surface area (Å²) in [6.45, 7) is 1.07. The maximum absolute atomic E-state index is 12.7. The van der Waals surface area contributed by atoms with E-state index in [9.17, 15) is 18.0 Å². The molecule has 0 atom stereocenters. The van der Waals surface area contributed by atoms with Crippen molar-refractivity contribution in [2.75, 3.05) is 0 Å². The van der Waals surface area contributed by atoms with E-state index in [1.54, 1.807) is 0 Å². The Morgan fingerprint density at radius 2 is 2.06 bits per heavy atom. The van der Waals surface area contributed by atoms with Gasteiger partial charge < -0.3 is 0 Å². The molecule has 0 amide bonds. The number of halogens is 3. The van der Waals surface area contributed by atoms with E-state index in [-0.39, 0.29) is 5.78 Å². The lowest BCUT2D eigenvalue weighted by Crippen LogP contribution is -2.24. The first-order valence-electron chi connectivity index (χ1n) is 4.19. The number of hydrogen-bond acceptors (Lipinski definition) is 4. The van der Waals surface area contributed by atoms with Gasteiger partial charge in [-0.15, -0.1) is 5.10 Å². The molecule has 0 N–H and O–H groups in total. The number of aromatic nitrogens is 4. The summed E-state index contributed by atoms with van der Waals surface area (Å²) in [6, 6.07) is 0. The van der Waals surface area contributed by atoms with Crippen LogP contribution in [0.15, 0.2) is 17.2 Å². The zero-order chi connectivity index (χ0) is 11.9. The highest BCUT2D eigenvalue weighted by Crippen LogP contribution is 2.30. The Labute approximate surface area is 86.6 Å². The van der Waals surface area contributed by atoms with Crippen LogP contribution in [0.2, 0.25) is 0 Å². The number of hydrogen-bond donors (Lipinski definition) is 0. The van der Waals surface area contributed by atoms with Crippen molar-refractivity contribution < 1.29 is 13.2 Å². The Hall–Kier alpha value is -1.99. The Bertz CT molecular complexity index is 604. The summed E-state index contributed by atoms with van der Waals surface area (Å²) in [5, 5.41) is 6.73. The predicted octanol–water partition coefficient (Wildman–Crippen LogP) is 0.812. The third kappa shape index (κ3) is 1.51. The molecular weight excluding hydrogens is 225 g/mol. The van der Waals surface area contributed by atoms with Crippen molar-refractivity contribution in [3.63, 3.8) is 0 Å². The van der Waals surface area contributed by atoms with Crippen LogP contribution in [0.1, 0.15) is 11.3 Å². The summed E-state index contributed by atoms with van der Waals surface area (Å²) in [5.41, 5.74) is -2.48. The predicted molar refractivity (Wildman–Crippen MR) is 46.8 cm³/mol. The van der Waals surface area contributed by atoms with Gasteiger partial charge in [0, 0.05) is 11.8 Å². The van der Waals surface area contributed by atoms with E-state index in [1.165, 1.54) is 0 Å². The summed E-state index contributed by atoms with van der Waals surface area (Å²) >= 11 is 0. The fourth-order valence-corrected chi connectivity index (χ4v) is 1.35. The normalized spacial score (nSPS) is 12.0. The van der Waals surface area contributed by atoms with Crippen LogP contribution in [0.25, 0.3) is 5.78 Å². The van der Waals surface area contributed by atoms with E-state index >= 15 is 0 Å². The fourth-order valence-electron chi connectivity index (χ4n) is 1.35. The van der Waals surface area contributed by atoms with Crippen LogP contribution < -0.4 is 5.56 Å². The quantitative estimate of drug-likeness (QED) is 0.672. The highest BCUT2D eigenvalue weighted by atomic mass is 19.4. The standard InChI is InChI=1S/C8H5F3N4O/c1-4-5(8(9,10)11)15-3-2-12-14-7(15)13-6(4)16/h2-3H,1H3. The van der Waals surface area contributed by atoms with Gasteiger partial charge in [0.1, 0.15) is 5.69 Å². The molecule has 5 nitrogen and oxygen atoms in total. The van der Waals surface area contributed by atoms with Gasteiger partial charge in [-0.3, -0.25) is 9.20 Å². The van der Waals surface area contributed by atoms with Crippen LogP contribution in [0, 0.1) is 6.92 Å². The minimum absolute atomic E-state index is 0.370. The first-order valence-corrected chi connectivity index (χ1v) is 4.19. The molecular formula is C8H5F3N4O. The maximum atomic E-state index is 12.7. The van der Waals surface area contributed by atoms with Gasteiger partial charge >= 0.3 is 6.18 Å². The highest BCUT2D eigenvalue weighted by Gasteiger charge is 2.36. The van der Waals surface area contributed by atoms with Gasteiger partial charge in [0.25, 0.3) is 11.3 Å². The monoisotopic (exact) mass is 230 g/mol. The van der Waals surface area contributed by atoms with Crippen LogP contribution in [0.5, 0.6) is 0 Å². The van der Waals surface area contributed by atoms with Crippen molar-refractivity contribution >= 4 is 5.78 Å². The van der Waals surface area contributed by atoms with Crippen molar-refractivity contribution in [3.8, 4) is 0 Å². The first-order chi connectivity index (χ1) is 7.41. The Balaban J connectivity index is 2.99. The van der Waals surface area contributed by atoms with Gasteiger partial charge in [0.2, 0.25) is 0 Å². The lowest BCUT2D eigenvalue weighted by molar-refractivity contribution is -0.142. The minimum atomic E-state index is -4.64. The van der Waals surface area contributed by atoms with Crippen LogP contribution in [0.3, 0.4) is 0 Å². The second-order valence-corrected chi connectivity index (χ2v) is 3.07. The van der Waals surface area contributed by atoms with Crippen LogP contribution >= 0.6 is 0 Å². The average Bonchev–Trinajstić information content (AvgIpc) is 2.17. The number of alkyl halides is 3. The van der Waals surface area contributed by atoms with Gasteiger partial charge in [-0.2, -0.15) is 23.3 Å². The van der Waals surface area contributed by atoms with Gasteiger partial charge in [-0.05, 0) is 6.92 Å². The Morgan fingerprint density at radius 1 is 1.38 bits per heavy atom. The van der Waals surface area contributed by atoms with E-state index in [0.717, 1.165) is 19.3 Å². The molecule has 2 aromatic rings. The molecule has 8 heteroatoms. The van der Waals surface area contributed by atoms with E-state index in [1.807, 2.05) is 0 Å². The van der Waals surface area contributed by atoms with E-state index in [0.29, 0.717) is 4.40 Å². The molecule has 84 valence electrons. The van der Waals surface area contributed by atoms with E-state index in [4.69, 9.17) is 0 Å². The summed E-state index contributed by atoms with van der Waals surface area (Å²) in [4.78, 5) is 14.6. The molecule has 0 saturated carbocycles. The molecule has 0 fully saturated rings. The molecule has 0 spiro atoms. The first kappa shape index (κ1) is 10.5. The average molecular weight is 230 g/mol. The Kier molecular flexibility index (Phi) is 2.14. The smallest absolute Gasteiger partial charge is 0.278 e. The van der Waals surface area contributed by atoms with Crippen LogP contribution in [-0.4, -0.2) is 19.6 Å². The summed E-state index contributed by atoms with van der Waals surface area (Å²) in [6.07, 6.45) is -2.49. The van der Waals surface area contributed by atoms with Crippen LogP contribution in [0.4, 0.5) is 13.2 Å². The summed E-state index contributed by atoms with van der Waals surface area (Å²) in [5.74, 6) is -0.370. The number of nitrogens with zero attached hydrogens (tertiary/aromatic N) is 4. The maximum Gasteiger partial charge on any atom is 0.432 e. The van der Waals surface area contributed by atoms with Crippen molar-refractivity contribution in [1.82, 2.24) is 19.6 Å². The molecule has 0 aliphatic heterocycles.